The molecule has 2 aromatic carbocycles. The van der Waals surface area contributed by atoms with Crippen LogP contribution in [0.25, 0.3) is 10.9 Å². The van der Waals surface area contributed by atoms with Crippen LogP contribution in [-0.4, -0.2) is 17.8 Å². The lowest BCUT2D eigenvalue weighted by molar-refractivity contribution is 0.112. The quantitative estimate of drug-likeness (QED) is 0.643. The molecule has 0 saturated heterocycles. The average molecular weight is 337 g/mol. The summed E-state index contributed by atoms with van der Waals surface area (Å²) in [5.41, 5.74) is 5.11. The summed E-state index contributed by atoms with van der Waals surface area (Å²) < 4.78 is 0. The van der Waals surface area contributed by atoms with Crippen LogP contribution in [0.2, 0.25) is 5.02 Å². The van der Waals surface area contributed by atoms with Crippen LogP contribution in [0.15, 0.2) is 42.5 Å². The molecule has 3 aromatic rings. The molecule has 24 heavy (non-hydrogen) atoms. The van der Waals surface area contributed by atoms with Crippen LogP contribution in [0.5, 0.6) is 0 Å². The van der Waals surface area contributed by atoms with Gasteiger partial charge in [-0.2, -0.15) is 0 Å². The number of hydrogen-bond acceptors (Lipinski definition) is 3. The van der Waals surface area contributed by atoms with Crippen LogP contribution >= 0.6 is 11.6 Å². The molecule has 0 fully saturated rings. The van der Waals surface area contributed by atoms with E-state index in [1.54, 1.807) is 0 Å². The molecule has 0 amide bonds. The number of nitrogens with zero attached hydrogens (tertiary/aromatic N) is 2. The number of aldehydes is 1. The topological polar surface area (TPSA) is 33.2 Å². The van der Waals surface area contributed by atoms with Gasteiger partial charge in [0, 0.05) is 23.5 Å². The Morgan fingerprint density at radius 3 is 2.75 bits per heavy atom. The molecule has 0 atom stereocenters. The highest BCUT2D eigenvalue weighted by molar-refractivity contribution is 6.32. The Morgan fingerprint density at radius 2 is 1.96 bits per heavy atom. The Labute approximate surface area is 145 Å². The monoisotopic (exact) mass is 336 g/mol. The zero-order valence-electron chi connectivity index (χ0n) is 13.4. The van der Waals surface area contributed by atoms with E-state index in [2.05, 4.69) is 29.2 Å². The summed E-state index contributed by atoms with van der Waals surface area (Å²) in [5, 5.41) is 1.64. The third kappa shape index (κ3) is 2.45. The number of aromatic nitrogens is 1. The number of carbonyl (C=O) groups is 1. The Hall–Kier alpha value is -2.39. The van der Waals surface area contributed by atoms with Gasteiger partial charge in [0.15, 0.2) is 6.29 Å². The standard InChI is InChI=1S/C20H17ClN2O/c1-13-18(21)7-6-15-10-17(12-24)20(22-19(13)15)23-9-8-14-4-2-3-5-16(14)11-23/h2-7,10,12H,8-9,11H2,1H3. The van der Waals surface area contributed by atoms with E-state index in [-0.39, 0.29) is 0 Å². The van der Waals surface area contributed by atoms with Gasteiger partial charge in [0.05, 0.1) is 11.1 Å². The van der Waals surface area contributed by atoms with Crippen molar-refractivity contribution in [3.05, 3.63) is 69.7 Å². The molecule has 0 radical (unpaired) electrons. The predicted octanol–water partition coefficient (Wildman–Crippen LogP) is 4.57. The smallest absolute Gasteiger partial charge is 0.153 e. The lowest BCUT2D eigenvalue weighted by Crippen LogP contribution is -2.31. The van der Waals surface area contributed by atoms with E-state index in [0.717, 1.165) is 48.1 Å². The van der Waals surface area contributed by atoms with Gasteiger partial charge in [0.2, 0.25) is 0 Å². The van der Waals surface area contributed by atoms with Gasteiger partial charge in [-0.1, -0.05) is 41.9 Å². The number of anilines is 1. The minimum absolute atomic E-state index is 0.628. The number of hydrogen-bond donors (Lipinski definition) is 0. The van der Waals surface area contributed by atoms with Crippen molar-refractivity contribution in [3.63, 3.8) is 0 Å². The second-order valence-corrected chi connectivity index (χ2v) is 6.61. The van der Waals surface area contributed by atoms with Crippen molar-refractivity contribution < 1.29 is 4.79 Å². The number of carbonyl (C=O) groups excluding carboxylic acids is 1. The van der Waals surface area contributed by atoms with Crippen LogP contribution in [0.4, 0.5) is 5.82 Å². The SMILES string of the molecule is Cc1c(Cl)ccc2cc(C=O)c(N3CCc4ccccc4C3)nc12. The second kappa shape index (κ2) is 5.91. The summed E-state index contributed by atoms with van der Waals surface area (Å²) in [7, 11) is 0. The van der Waals surface area contributed by atoms with Crippen molar-refractivity contribution in [2.24, 2.45) is 0 Å². The van der Waals surface area contributed by atoms with Crippen molar-refractivity contribution in [2.45, 2.75) is 19.9 Å². The van der Waals surface area contributed by atoms with E-state index < -0.39 is 0 Å². The van der Waals surface area contributed by atoms with Crippen LogP contribution in [0, 0.1) is 6.92 Å². The highest BCUT2D eigenvalue weighted by Gasteiger charge is 2.20. The minimum atomic E-state index is 0.628. The fraction of sp³-hybridized carbons (Fsp3) is 0.200. The van der Waals surface area contributed by atoms with E-state index in [4.69, 9.17) is 16.6 Å². The highest BCUT2D eigenvalue weighted by Crippen LogP contribution is 2.30. The lowest BCUT2D eigenvalue weighted by Gasteiger charge is -2.30. The largest absolute Gasteiger partial charge is 0.351 e. The van der Waals surface area contributed by atoms with Crippen molar-refractivity contribution in [1.29, 1.82) is 0 Å². The third-order valence-electron chi connectivity index (χ3n) is 4.74. The number of halogens is 1. The van der Waals surface area contributed by atoms with E-state index in [1.807, 2.05) is 25.1 Å². The maximum Gasteiger partial charge on any atom is 0.153 e. The van der Waals surface area contributed by atoms with Gasteiger partial charge >= 0.3 is 0 Å². The lowest BCUT2D eigenvalue weighted by atomic mass is 9.99. The summed E-state index contributed by atoms with van der Waals surface area (Å²) in [4.78, 5) is 18.6. The Morgan fingerprint density at radius 1 is 1.17 bits per heavy atom. The molecule has 120 valence electrons. The minimum Gasteiger partial charge on any atom is -0.351 e. The van der Waals surface area contributed by atoms with E-state index in [1.165, 1.54) is 11.1 Å². The fourth-order valence-electron chi connectivity index (χ4n) is 3.38. The number of rotatable bonds is 2. The first-order chi connectivity index (χ1) is 11.7. The first kappa shape index (κ1) is 15.2. The third-order valence-corrected chi connectivity index (χ3v) is 5.15. The van der Waals surface area contributed by atoms with Gasteiger partial charge in [-0.25, -0.2) is 4.98 Å². The van der Waals surface area contributed by atoms with E-state index >= 15 is 0 Å². The maximum absolute atomic E-state index is 11.6. The molecule has 1 aliphatic rings. The van der Waals surface area contributed by atoms with Gasteiger partial charge in [0.1, 0.15) is 5.82 Å². The summed E-state index contributed by atoms with van der Waals surface area (Å²) >= 11 is 6.24. The molecule has 1 aromatic heterocycles. The van der Waals surface area contributed by atoms with E-state index in [9.17, 15) is 4.79 Å². The van der Waals surface area contributed by atoms with Gasteiger partial charge in [-0.05, 0) is 42.2 Å². The van der Waals surface area contributed by atoms with Crippen molar-refractivity contribution in [3.8, 4) is 0 Å². The van der Waals surface area contributed by atoms with Gasteiger partial charge in [0.25, 0.3) is 0 Å². The molecule has 0 aliphatic carbocycles. The van der Waals surface area contributed by atoms with Crippen molar-refractivity contribution in [1.82, 2.24) is 4.98 Å². The zero-order valence-corrected chi connectivity index (χ0v) is 14.2. The number of fused-ring (bicyclic) bond motifs is 2. The molecule has 0 saturated carbocycles. The normalized spacial score (nSPS) is 13.8. The fourth-order valence-corrected chi connectivity index (χ4v) is 3.53. The number of benzene rings is 2. The average Bonchev–Trinajstić information content (AvgIpc) is 2.63. The summed E-state index contributed by atoms with van der Waals surface area (Å²) in [5.74, 6) is 0.748. The second-order valence-electron chi connectivity index (χ2n) is 6.20. The summed E-state index contributed by atoms with van der Waals surface area (Å²) in [6.45, 7) is 3.60. The summed E-state index contributed by atoms with van der Waals surface area (Å²) in [6.07, 6.45) is 1.86. The Kier molecular flexibility index (Phi) is 3.73. The molecule has 4 heteroatoms. The Balaban J connectivity index is 1.84. The first-order valence-electron chi connectivity index (χ1n) is 8.04. The van der Waals surface area contributed by atoms with E-state index in [0.29, 0.717) is 10.6 Å². The highest BCUT2D eigenvalue weighted by atomic mass is 35.5. The first-order valence-corrected chi connectivity index (χ1v) is 8.42. The molecule has 0 unspecified atom stereocenters. The molecule has 4 rings (SSSR count). The molecule has 0 bridgehead atoms. The summed E-state index contributed by atoms with van der Waals surface area (Å²) in [6, 6.07) is 14.1. The van der Waals surface area contributed by atoms with Gasteiger partial charge < -0.3 is 4.90 Å². The molecule has 0 N–H and O–H groups in total. The molecular formula is C20H17ClN2O. The Bertz CT molecular complexity index is 952. The predicted molar refractivity (Wildman–Crippen MR) is 98.1 cm³/mol. The van der Waals surface area contributed by atoms with Crippen LogP contribution in [0.1, 0.15) is 27.0 Å². The van der Waals surface area contributed by atoms with Gasteiger partial charge in [-0.15, -0.1) is 0 Å². The van der Waals surface area contributed by atoms with Crippen molar-refractivity contribution >= 4 is 34.6 Å². The van der Waals surface area contributed by atoms with Crippen LogP contribution in [0.3, 0.4) is 0 Å². The number of pyridine rings is 1. The molecule has 1 aliphatic heterocycles. The zero-order chi connectivity index (χ0) is 16.7. The maximum atomic E-state index is 11.6. The molecule has 0 spiro atoms. The van der Waals surface area contributed by atoms with Gasteiger partial charge in [-0.3, -0.25) is 4.79 Å². The van der Waals surface area contributed by atoms with Crippen LogP contribution < -0.4 is 4.90 Å². The molecule has 2 heterocycles. The van der Waals surface area contributed by atoms with Crippen LogP contribution in [-0.2, 0) is 13.0 Å². The van der Waals surface area contributed by atoms with Crippen molar-refractivity contribution in [2.75, 3.05) is 11.4 Å². The molecular weight excluding hydrogens is 320 g/mol. The molecule has 3 nitrogen and oxygen atoms in total. The number of aryl methyl sites for hydroxylation is 1.